The number of H-pyrrole nitrogens is 1. The summed E-state index contributed by atoms with van der Waals surface area (Å²) in [5, 5.41) is 4.93. The topological polar surface area (TPSA) is 57.4 Å². The number of nitrogens with zero attached hydrogens (tertiary/aromatic N) is 1. The lowest BCUT2D eigenvalue weighted by molar-refractivity contribution is 0.193. The number of methoxy groups -OCH3 is 1. The number of anilines is 1. The SMILES string of the molecule is COc1ccc([C@@H]2c3[nH]c4ccc(Cl)cc4c3CCN2C(=O)Nc2ccccc2C)cc1. The van der Waals surface area contributed by atoms with Gasteiger partial charge in [0.1, 0.15) is 5.75 Å². The maximum Gasteiger partial charge on any atom is 0.322 e. The van der Waals surface area contributed by atoms with Crippen molar-refractivity contribution in [1.82, 2.24) is 9.88 Å². The van der Waals surface area contributed by atoms with Gasteiger partial charge in [0, 0.05) is 33.9 Å². The molecule has 5 rings (SSSR count). The summed E-state index contributed by atoms with van der Waals surface area (Å²) >= 11 is 6.29. The highest BCUT2D eigenvalue weighted by molar-refractivity contribution is 6.31. The largest absolute Gasteiger partial charge is 0.497 e. The van der Waals surface area contributed by atoms with Crippen molar-refractivity contribution in [3.05, 3.63) is 94.1 Å². The van der Waals surface area contributed by atoms with E-state index < -0.39 is 0 Å². The van der Waals surface area contributed by atoms with Crippen molar-refractivity contribution < 1.29 is 9.53 Å². The van der Waals surface area contributed by atoms with Crippen LogP contribution < -0.4 is 10.1 Å². The average Bonchev–Trinajstić information content (AvgIpc) is 3.18. The fourth-order valence-corrected chi connectivity index (χ4v) is 4.68. The van der Waals surface area contributed by atoms with Gasteiger partial charge in [-0.15, -0.1) is 0 Å². The molecule has 0 aliphatic carbocycles. The zero-order valence-corrected chi connectivity index (χ0v) is 18.7. The third-order valence-corrected chi connectivity index (χ3v) is 6.40. The molecule has 1 aromatic heterocycles. The maximum absolute atomic E-state index is 13.5. The predicted octanol–water partition coefficient (Wildman–Crippen LogP) is 6.32. The van der Waals surface area contributed by atoms with Crippen LogP contribution in [0.4, 0.5) is 10.5 Å². The van der Waals surface area contributed by atoms with Crippen LogP contribution in [0.5, 0.6) is 5.75 Å². The van der Waals surface area contributed by atoms with E-state index in [1.165, 1.54) is 5.56 Å². The molecule has 162 valence electrons. The lowest BCUT2D eigenvalue weighted by atomic mass is 9.92. The summed E-state index contributed by atoms with van der Waals surface area (Å²) in [5.41, 5.74) is 6.13. The second kappa shape index (κ2) is 8.24. The van der Waals surface area contributed by atoms with Crippen molar-refractivity contribution in [1.29, 1.82) is 0 Å². The summed E-state index contributed by atoms with van der Waals surface area (Å²) in [5.74, 6) is 0.782. The molecule has 3 aromatic carbocycles. The van der Waals surface area contributed by atoms with E-state index in [1.807, 2.05) is 78.6 Å². The molecule has 6 heteroatoms. The first-order valence-electron chi connectivity index (χ1n) is 10.6. The highest BCUT2D eigenvalue weighted by Crippen LogP contribution is 2.39. The van der Waals surface area contributed by atoms with Gasteiger partial charge in [0.05, 0.1) is 13.2 Å². The summed E-state index contributed by atoms with van der Waals surface area (Å²) < 4.78 is 5.34. The third kappa shape index (κ3) is 3.59. The van der Waals surface area contributed by atoms with Crippen LogP contribution in [0.15, 0.2) is 66.7 Å². The number of aryl methyl sites for hydroxylation is 1. The standard InChI is InChI=1S/C26H24ClN3O2/c1-16-5-3-4-6-22(16)29-26(31)30-14-13-20-21-15-18(27)9-12-23(21)28-24(20)25(30)17-7-10-19(32-2)11-8-17/h3-12,15,25,28H,13-14H2,1-2H3,(H,29,31)/t25-/m1/s1. The van der Waals surface area contributed by atoms with Gasteiger partial charge < -0.3 is 19.9 Å². The zero-order valence-electron chi connectivity index (χ0n) is 18.0. The van der Waals surface area contributed by atoms with E-state index in [0.717, 1.165) is 45.6 Å². The van der Waals surface area contributed by atoms with Crippen LogP contribution in [-0.4, -0.2) is 29.6 Å². The quantitative estimate of drug-likeness (QED) is 0.387. The minimum Gasteiger partial charge on any atom is -0.497 e. The summed E-state index contributed by atoms with van der Waals surface area (Å²) in [6.07, 6.45) is 0.753. The average molecular weight is 446 g/mol. The Labute approximate surface area is 192 Å². The monoisotopic (exact) mass is 445 g/mol. The molecule has 0 unspecified atom stereocenters. The minimum atomic E-state index is -0.250. The normalized spacial score (nSPS) is 15.5. The molecule has 1 aliphatic heterocycles. The number of para-hydroxylation sites is 1. The molecular formula is C26H24ClN3O2. The van der Waals surface area contributed by atoms with Crippen molar-refractivity contribution in [3.8, 4) is 5.75 Å². The highest BCUT2D eigenvalue weighted by atomic mass is 35.5. The van der Waals surface area contributed by atoms with Crippen molar-refractivity contribution in [2.24, 2.45) is 0 Å². The lowest BCUT2D eigenvalue weighted by Gasteiger charge is -2.36. The molecule has 0 spiro atoms. The molecule has 1 aliphatic rings. The molecule has 0 radical (unpaired) electrons. The highest BCUT2D eigenvalue weighted by Gasteiger charge is 2.34. The first kappa shape index (κ1) is 20.5. The number of carbonyl (C=O) groups is 1. The van der Waals surface area contributed by atoms with Crippen LogP contribution in [0.3, 0.4) is 0 Å². The molecule has 0 saturated carbocycles. The summed E-state index contributed by atoms with van der Waals surface area (Å²) in [4.78, 5) is 18.9. The number of aromatic amines is 1. The second-order valence-electron chi connectivity index (χ2n) is 8.07. The number of fused-ring (bicyclic) bond motifs is 3. The number of urea groups is 1. The summed E-state index contributed by atoms with van der Waals surface area (Å²) in [6, 6.07) is 21.2. The molecule has 2 heterocycles. The molecule has 0 bridgehead atoms. The van der Waals surface area contributed by atoms with E-state index in [0.29, 0.717) is 11.6 Å². The molecule has 32 heavy (non-hydrogen) atoms. The molecule has 5 nitrogen and oxygen atoms in total. The number of amides is 2. The lowest BCUT2D eigenvalue weighted by Crippen LogP contribution is -2.43. The van der Waals surface area contributed by atoms with E-state index in [4.69, 9.17) is 16.3 Å². The predicted molar refractivity (Wildman–Crippen MR) is 129 cm³/mol. The minimum absolute atomic E-state index is 0.123. The smallest absolute Gasteiger partial charge is 0.322 e. The fraction of sp³-hybridized carbons (Fsp3) is 0.192. The van der Waals surface area contributed by atoms with Crippen LogP contribution in [-0.2, 0) is 6.42 Å². The van der Waals surface area contributed by atoms with Crippen LogP contribution in [0.25, 0.3) is 10.9 Å². The second-order valence-corrected chi connectivity index (χ2v) is 8.51. The van der Waals surface area contributed by atoms with Gasteiger partial charge in [-0.2, -0.15) is 0 Å². The van der Waals surface area contributed by atoms with Crippen molar-refractivity contribution in [2.45, 2.75) is 19.4 Å². The first-order chi connectivity index (χ1) is 15.5. The molecule has 1 atom stereocenters. The number of rotatable bonds is 3. The Hall–Kier alpha value is -3.44. The van der Waals surface area contributed by atoms with Gasteiger partial charge in [-0.3, -0.25) is 0 Å². The van der Waals surface area contributed by atoms with Crippen LogP contribution in [0, 0.1) is 6.92 Å². The molecule has 0 saturated heterocycles. The molecule has 2 amide bonds. The van der Waals surface area contributed by atoms with E-state index in [9.17, 15) is 4.79 Å². The Morgan fingerprint density at radius 3 is 2.66 bits per heavy atom. The van der Waals surface area contributed by atoms with Gasteiger partial charge in [0.2, 0.25) is 0 Å². The number of benzene rings is 3. The van der Waals surface area contributed by atoms with Crippen molar-refractivity contribution in [2.75, 3.05) is 19.0 Å². The summed E-state index contributed by atoms with van der Waals surface area (Å²) in [7, 11) is 1.65. The summed E-state index contributed by atoms with van der Waals surface area (Å²) in [6.45, 7) is 2.59. The van der Waals surface area contributed by atoms with Gasteiger partial charge in [0.15, 0.2) is 0 Å². The number of halogens is 1. The Morgan fingerprint density at radius 2 is 1.91 bits per heavy atom. The number of hydrogen-bond acceptors (Lipinski definition) is 2. The Balaban J connectivity index is 1.59. The van der Waals surface area contributed by atoms with Gasteiger partial charge in [-0.05, 0) is 66.4 Å². The Kier molecular flexibility index (Phi) is 5.27. The zero-order chi connectivity index (χ0) is 22.2. The van der Waals surface area contributed by atoms with Crippen LogP contribution in [0.2, 0.25) is 5.02 Å². The van der Waals surface area contributed by atoms with Crippen LogP contribution >= 0.6 is 11.6 Å². The van der Waals surface area contributed by atoms with Crippen molar-refractivity contribution >= 4 is 34.2 Å². The molecule has 2 N–H and O–H groups in total. The van der Waals surface area contributed by atoms with E-state index in [-0.39, 0.29) is 12.1 Å². The van der Waals surface area contributed by atoms with Gasteiger partial charge >= 0.3 is 6.03 Å². The number of ether oxygens (including phenoxy) is 1. The third-order valence-electron chi connectivity index (χ3n) is 6.17. The number of carbonyl (C=O) groups excluding carboxylic acids is 1. The molecule has 4 aromatic rings. The van der Waals surface area contributed by atoms with E-state index in [2.05, 4.69) is 10.3 Å². The Bertz CT molecular complexity index is 1300. The first-order valence-corrected chi connectivity index (χ1v) is 11.0. The molecular weight excluding hydrogens is 422 g/mol. The van der Waals surface area contributed by atoms with Gasteiger partial charge in [-0.1, -0.05) is 41.9 Å². The molecule has 0 fully saturated rings. The number of nitrogens with one attached hydrogen (secondary N) is 2. The van der Waals surface area contributed by atoms with Gasteiger partial charge in [-0.25, -0.2) is 4.79 Å². The number of hydrogen-bond donors (Lipinski definition) is 2. The number of aromatic nitrogens is 1. The van der Waals surface area contributed by atoms with E-state index in [1.54, 1.807) is 7.11 Å². The van der Waals surface area contributed by atoms with Crippen LogP contribution in [0.1, 0.15) is 28.4 Å². The van der Waals surface area contributed by atoms with E-state index >= 15 is 0 Å². The van der Waals surface area contributed by atoms with Gasteiger partial charge in [0.25, 0.3) is 0 Å². The fourth-order valence-electron chi connectivity index (χ4n) is 4.51. The maximum atomic E-state index is 13.5. The van der Waals surface area contributed by atoms with Crippen molar-refractivity contribution in [3.63, 3.8) is 0 Å². The Morgan fingerprint density at radius 1 is 1.12 bits per heavy atom.